The highest BCUT2D eigenvalue weighted by molar-refractivity contribution is 5.85. The molecule has 0 aliphatic rings. The molecule has 2 N–H and O–H groups in total. The second-order valence-electron chi connectivity index (χ2n) is 4.00. The SMILES string of the molecule is CCCNC(=O)CNC(=O)COc1cccnc1[N+](=O)[O-]. The summed E-state index contributed by atoms with van der Waals surface area (Å²) in [6.45, 7) is 1.84. The molecule has 0 radical (unpaired) electrons. The number of nitrogens with one attached hydrogen (secondary N) is 2. The van der Waals surface area contributed by atoms with Crippen molar-refractivity contribution in [1.82, 2.24) is 15.6 Å². The molecule has 9 heteroatoms. The Morgan fingerprint density at radius 3 is 2.81 bits per heavy atom. The number of hydrogen-bond acceptors (Lipinski definition) is 6. The number of rotatable bonds is 8. The van der Waals surface area contributed by atoms with Crippen LogP contribution >= 0.6 is 0 Å². The fraction of sp³-hybridized carbons (Fsp3) is 0.417. The van der Waals surface area contributed by atoms with Crippen LogP contribution in [0.3, 0.4) is 0 Å². The maximum absolute atomic E-state index is 11.5. The molecule has 0 aliphatic carbocycles. The predicted molar refractivity (Wildman–Crippen MR) is 72.7 cm³/mol. The minimum absolute atomic E-state index is 0.104. The fourth-order valence-corrected chi connectivity index (χ4v) is 1.33. The molecule has 0 saturated heterocycles. The van der Waals surface area contributed by atoms with Crippen LogP contribution in [-0.4, -0.2) is 41.4 Å². The number of amides is 2. The lowest BCUT2D eigenvalue weighted by atomic mass is 10.4. The van der Waals surface area contributed by atoms with E-state index in [1.54, 1.807) is 0 Å². The van der Waals surface area contributed by atoms with E-state index in [4.69, 9.17) is 4.74 Å². The second kappa shape index (κ2) is 8.46. The van der Waals surface area contributed by atoms with Gasteiger partial charge in [-0.1, -0.05) is 6.92 Å². The largest absolute Gasteiger partial charge is 0.476 e. The van der Waals surface area contributed by atoms with Crippen LogP contribution in [-0.2, 0) is 9.59 Å². The Labute approximate surface area is 120 Å². The van der Waals surface area contributed by atoms with Crippen LogP contribution in [0.5, 0.6) is 5.75 Å². The normalized spacial score (nSPS) is 9.76. The summed E-state index contributed by atoms with van der Waals surface area (Å²) < 4.78 is 5.03. The molecule has 0 spiro atoms. The second-order valence-corrected chi connectivity index (χ2v) is 4.00. The Morgan fingerprint density at radius 2 is 2.14 bits per heavy atom. The van der Waals surface area contributed by atoms with Crippen molar-refractivity contribution in [2.24, 2.45) is 0 Å². The molecule has 0 aliphatic heterocycles. The van der Waals surface area contributed by atoms with Gasteiger partial charge in [0.1, 0.15) is 6.20 Å². The highest BCUT2D eigenvalue weighted by Gasteiger charge is 2.16. The van der Waals surface area contributed by atoms with Crippen LogP contribution in [0.15, 0.2) is 18.3 Å². The van der Waals surface area contributed by atoms with E-state index in [-0.39, 0.29) is 18.2 Å². The van der Waals surface area contributed by atoms with Crippen LogP contribution in [0.4, 0.5) is 5.82 Å². The smallest absolute Gasteiger partial charge is 0.406 e. The zero-order valence-corrected chi connectivity index (χ0v) is 11.5. The Hall–Kier alpha value is -2.71. The van der Waals surface area contributed by atoms with Crippen molar-refractivity contribution in [1.29, 1.82) is 0 Å². The Kier molecular flexibility index (Phi) is 6.58. The summed E-state index contributed by atoms with van der Waals surface area (Å²) in [5, 5.41) is 15.6. The van der Waals surface area contributed by atoms with Gasteiger partial charge in [0.15, 0.2) is 6.61 Å². The molecule has 0 saturated carbocycles. The third-order valence-corrected chi connectivity index (χ3v) is 2.30. The lowest BCUT2D eigenvalue weighted by Crippen LogP contribution is -2.39. The van der Waals surface area contributed by atoms with E-state index < -0.39 is 23.3 Å². The van der Waals surface area contributed by atoms with E-state index in [0.717, 1.165) is 6.42 Å². The van der Waals surface area contributed by atoms with Gasteiger partial charge in [-0.3, -0.25) is 9.59 Å². The van der Waals surface area contributed by atoms with Gasteiger partial charge in [0.25, 0.3) is 5.91 Å². The van der Waals surface area contributed by atoms with Crippen molar-refractivity contribution in [2.45, 2.75) is 13.3 Å². The van der Waals surface area contributed by atoms with E-state index in [9.17, 15) is 19.7 Å². The summed E-state index contributed by atoms with van der Waals surface area (Å²) >= 11 is 0. The lowest BCUT2D eigenvalue weighted by Gasteiger charge is -2.07. The summed E-state index contributed by atoms with van der Waals surface area (Å²) in [6.07, 6.45) is 2.05. The van der Waals surface area contributed by atoms with Gasteiger partial charge in [-0.05, 0) is 28.5 Å². The summed E-state index contributed by atoms with van der Waals surface area (Å²) in [6, 6.07) is 2.80. The molecule has 1 aromatic heterocycles. The van der Waals surface area contributed by atoms with E-state index in [2.05, 4.69) is 15.6 Å². The van der Waals surface area contributed by atoms with Gasteiger partial charge in [0.2, 0.25) is 11.7 Å². The summed E-state index contributed by atoms with van der Waals surface area (Å²) in [4.78, 5) is 36.3. The molecule has 0 fully saturated rings. The first-order chi connectivity index (χ1) is 10.0. The van der Waals surface area contributed by atoms with Gasteiger partial charge in [-0.25, -0.2) is 0 Å². The third-order valence-electron chi connectivity index (χ3n) is 2.30. The average Bonchev–Trinajstić information content (AvgIpc) is 2.48. The molecule has 0 bridgehead atoms. The monoisotopic (exact) mass is 296 g/mol. The standard InChI is InChI=1S/C12H16N4O5/c1-2-5-13-10(17)7-15-11(18)8-21-9-4-3-6-14-12(9)16(19)20/h3-4,6H,2,5,7-8H2,1H3,(H,13,17)(H,15,18). The topological polar surface area (TPSA) is 123 Å². The Bertz CT molecular complexity index is 520. The lowest BCUT2D eigenvalue weighted by molar-refractivity contribution is -0.390. The number of hydrogen-bond donors (Lipinski definition) is 2. The molecule has 1 rings (SSSR count). The van der Waals surface area contributed by atoms with Crippen LogP contribution in [0.2, 0.25) is 0 Å². The number of carbonyl (C=O) groups is 2. The molecule has 0 atom stereocenters. The first-order valence-corrected chi connectivity index (χ1v) is 6.30. The van der Waals surface area contributed by atoms with E-state index in [1.807, 2.05) is 6.92 Å². The van der Waals surface area contributed by atoms with Crippen molar-refractivity contribution in [2.75, 3.05) is 19.7 Å². The van der Waals surface area contributed by atoms with Gasteiger partial charge >= 0.3 is 5.82 Å². The minimum Gasteiger partial charge on any atom is -0.476 e. The summed E-state index contributed by atoms with van der Waals surface area (Å²) in [7, 11) is 0. The molecule has 0 aromatic carbocycles. The highest BCUT2D eigenvalue weighted by atomic mass is 16.6. The molecule has 1 aromatic rings. The minimum atomic E-state index is -0.703. The molecule has 114 valence electrons. The number of pyridine rings is 1. The van der Waals surface area contributed by atoms with Gasteiger partial charge in [0, 0.05) is 6.54 Å². The van der Waals surface area contributed by atoms with Crippen LogP contribution in [0.1, 0.15) is 13.3 Å². The third kappa shape index (κ3) is 5.85. The number of aromatic nitrogens is 1. The van der Waals surface area contributed by atoms with Gasteiger partial charge in [-0.2, -0.15) is 0 Å². The number of nitrogens with zero attached hydrogens (tertiary/aromatic N) is 2. The molecular formula is C12H16N4O5. The zero-order valence-electron chi connectivity index (χ0n) is 11.5. The predicted octanol–water partition coefficient (Wildman–Crippen LogP) is 0.0110. The molecule has 9 nitrogen and oxygen atoms in total. The van der Waals surface area contributed by atoms with Gasteiger partial charge in [-0.15, -0.1) is 0 Å². The fourth-order valence-electron chi connectivity index (χ4n) is 1.33. The van der Waals surface area contributed by atoms with E-state index in [0.29, 0.717) is 6.54 Å². The summed E-state index contributed by atoms with van der Waals surface area (Å²) in [5.41, 5.74) is 0. The first kappa shape index (κ1) is 16.3. The summed E-state index contributed by atoms with van der Waals surface area (Å²) in [5.74, 6) is -1.43. The number of ether oxygens (including phenoxy) is 1. The van der Waals surface area contributed by atoms with Crippen LogP contribution in [0.25, 0.3) is 0 Å². The highest BCUT2D eigenvalue weighted by Crippen LogP contribution is 2.22. The van der Waals surface area contributed by atoms with Crippen molar-refractivity contribution in [3.05, 3.63) is 28.4 Å². The van der Waals surface area contributed by atoms with E-state index >= 15 is 0 Å². The first-order valence-electron chi connectivity index (χ1n) is 6.30. The molecule has 1 heterocycles. The van der Waals surface area contributed by atoms with E-state index in [1.165, 1.54) is 18.3 Å². The van der Waals surface area contributed by atoms with Gasteiger partial charge < -0.3 is 25.5 Å². The molecular weight excluding hydrogens is 280 g/mol. The average molecular weight is 296 g/mol. The van der Waals surface area contributed by atoms with Crippen molar-refractivity contribution in [3.8, 4) is 5.75 Å². The van der Waals surface area contributed by atoms with Gasteiger partial charge in [0.05, 0.1) is 6.54 Å². The van der Waals surface area contributed by atoms with Crippen LogP contribution in [0, 0.1) is 10.1 Å². The maximum Gasteiger partial charge on any atom is 0.406 e. The van der Waals surface area contributed by atoms with Crippen molar-refractivity contribution in [3.63, 3.8) is 0 Å². The number of carbonyl (C=O) groups excluding carboxylic acids is 2. The molecule has 0 unspecified atom stereocenters. The maximum atomic E-state index is 11.5. The Balaban J connectivity index is 2.40. The Morgan fingerprint density at radius 1 is 1.38 bits per heavy atom. The van der Waals surface area contributed by atoms with Crippen molar-refractivity contribution >= 4 is 17.6 Å². The van der Waals surface area contributed by atoms with Crippen molar-refractivity contribution < 1.29 is 19.2 Å². The molecule has 2 amide bonds. The number of nitro groups is 1. The molecule has 21 heavy (non-hydrogen) atoms. The van der Waals surface area contributed by atoms with Crippen LogP contribution < -0.4 is 15.4 Å². The quantitative estimate of drug-likeness (QED) is 0.514. The zero-order chi connectivity index (χ0) is 15.7.